The molecular weight excluding hydrogens is 304 g/mol. The molecule has 2 aromatic rings. The molecule has 0 fully saturated rings. The highest BCUT2D eigenvalue weighted by atomic mass is 79.9. The third-order valence-corrected chi connectivity index (χ3v) is 3.72. The van der Waals surface area contributed by atoms with Crippen molar-refractivity contribution in [3.8, 4) is 11.5 Å². The van der Waals surface area contributed by atoms with Crippen molar-refractivity contribution in [2.75, 3.05) is 7.11 Å². The van der Waals surface area contributed by atoms with E-state index in [2.05, 4.69) is 48.0 Å². The van der Waals surface area contributed by atoms with E-state index in [1.54, 1.807) is 7.11 Å². The van der Waals surface area contributed by atoms with Gasteiger partial charge in [-0.25, -0.2) is 0 Å². The van der Waals surface area contributed by atoms with Gasteiger partial charge in [0.15, 0.2) is 0 Å². The molecule has 0 aliphatic heterocycles. The Hall–Kier alpha value is -1.48. The molecule has 3 heteroatoms. The van der Waals surface area contributed by atoms with Gasteiger partial charge in [0.2, 0.25) is 0 Å². The molecule has 100 valence electrons. The predicted octanol–water partition coefficient (Wildman–Crippen LogP) is 4.65. The van der Waals surface area contributed by atoms with Gasteiger partial charge in [-0.1, -0.05) is 18.2 Å². The molecule has 0 aliphatic carbocycles. The van der Waals surface area contributed by atoms with Crippen LogP contribution in [-0.2, 0) is 6.61 Å². The lowest BCUT2D eigenvalue weighted by atomic mass is 10.1. The fourth-order valence-electron chi connectivity index (χ4n) is 1.78. The van der Waals surface area contributed by atoms with Crippen LogP contribution < -0.4 is 9.47 Å². The number of methoxy groups -OCH3 is 1. The Morgan fingerprint density at radius 1 is 1.00 bits per heavy atom. The highest BCUT2D eigenvalue weighted by molar-refractivity contribution is 9.10. The van der Waals surface area contributed by atoms with Crippen molar-refractivity contribution >= 4 is 15.9 Å². The van der Waals surface area contributed by atoms with Gasteiger partial charge in [0.1, 0.15) is 18.1 Å². The summed E-state index contributed by atoms with van der Waals surface area (Å²) < 4.78 is 11.9. The Kier molecular flexibility index (Phi) is 4.48. The number of ether oxygens (including phenoxy) is 2. The number of hydrogen-bond acceptors (Lipinski definition) is 2. The minimum absolute atomic E-state index is 0.562. The van der Waals surface area contributed by atoms with Crippen LogP contribution >= 0.6 is 15.9 Å². The van der Waals surface area contributed by atoms with E-state index in [1.807, 2.05) is 18.2 Å². The Morgan fingerprint density at radius 3 is 2.42 bits per heavy atom. The van der Waals surface area contributed by atoms with E-state index in [0.717, 1.165) is 16.0 Å². The highest BCUT2D eigenvalue weighted by Crippen LogP contribution is 2.29. The third-order valence-electron chi connectivity index (χ3n) is 3.10. The summed E-state index contributed by atoms with van der Waals surface area (Å²) in [6, 6.07) is 12.1. The summed E-state index contributed by atoms with van der Waals surface area (Å²) in [5, 5.41) is 0. The molecule has 2 aromatic carbocycles. The smallest absolute Gasteiger partial charge is 0.134 e. The van der Waals surface area contributed by atoms with Gasteiger partial charge in [-0.2, -0.15) is 0 Å². The second-order valence-corrected chi connectivity index (χ2v) is 5.36. The molecule has 0 bridgehead atoms. The van der Waals surface area contributed by atoms with Gasteiger partial charge in [-0.05, 0) is 64.7 Å². The van der Waals surface area contributed by atoms with Gasteiger partial charge in [0.05, 0.1) is 11.6 Å². The third kappa shape index (κ3) is 3.51. The molecule has 0 aliphatic rings. The van der Waals surface area contributed by atoms with Crippen molar-refractivity contribution in [3.05, 3.63) is 57.6 Å². The van der Waals surface area contributed by atoms with Crippen LogP contribution in [0.3, 0.4) is 0 Å². The minimum Gasteiger partial charge on any atom is -0.497 e. The predicted molar refractivity (Wildman–Crippen MR) is 80.9 cm³/mol. The Bertz CT molecular complexity index is 579. The summed E-state index contributed by atoms with van der Waals surface area (Å²) in [6.45, 7) is 4.79. The van der Waals surface area contributed by atoms with Gasteiger partial charge in [0, 0.05) is 0 Å². The first-order chi connectivity index (χ1) is 9.10. The molecule has 0 atom stereocenters. The first-order valence-electron chi connectivity index (χ1n) is 6.12. The van der Waals surface area contributed by atoms with Gasteiger partial charge in [-0.15, -0.1) is 0 Å². The first-order valence-corrected chi connectivity index (χ1v) is 6.92. The Balaban J connectivity index is 2.07. The van der Waals surface area contributed by atoms with Crippen molar-refractivity contribution in [1.29, 1.82) is 0 Å². The van der Waals surface area contributed by atoms with Gasteiger partial charge >= 0.3 is 0 Å². The molecule has 0 N–H and O–H groups in total. The maximum atomic E-state index is 5.81. The molecule has 0 amide bonds. The number of rotatable bonds is 4. The monoisotopic (exact) mass is 320 g/mol. The standard InChI is InChI=1S/C16H17BrO2/c1-11-4-5-13(8-12(11)2)10-19-16-7-6-14(18-3)9-15(16)17/h4-9H,10H2,1-3H3. The molecule has 0 heterocycles. The van der Waals surface area contributed by atoms with Crippen molar-refractivity contribution in [1.82, 2.24) is 0 Å². The lowest BCUT2D eigenvalue weighted by Gasteiger charge is -2.10. The van der Waals surface area contributed by atoms with Crippen molar-refractivity contribution in [2.45, 2.75) is 20.5 Å². The van der Waals surface area contributed by atoms with Crippen LogP contribution in [0.25, 0.3) is 0 Å². The van der Waals surface area contributed by atoms with E-state index in [4.69, 9.17) is 9.47 Å². The maximum absolute atomic E-state index is 5.81. The summed E-state index contributed by atoms with van der Waals surface area (Å²) in [7, 11) is 1.65. The maximum Gasteiger partial charge on any atom is 0.134 e. The van der Waals surface area contributed by atoms with Crippen molar-refractivity contribution in [2.24, 2.45) is 0 Å². The molecule has 0 saturated carbocycles. The second kappa shape index (κ2) is 6.11. The summed E-state index contributed by atoms with van der Waals surface area (Å²) in [5.41, 5.74) is 3.76. The molecule has 0 saturated heterocycles. The Labute approximate surface area is 122 Å². The number of hydrogen-bond donors (Lipinski definition) is 0. The highest BCUT2D eigenvalue weighted by Gasteiger charge is 2.04. The van der Waals surface area contributed by atoms with Gasteiger partial charge < -0.3 is 9.47 Å². The van der Waals surface area contributed by atoms with Crippen LogP contribution in [0.4, 0.5) is 0 Å². The fraction of sp³-hybridized carbons (Fsp3) is 0.250. The zero-order valence-electron chi connectivity index (χ0n) is 11.4. The van der Waals surface area contributed by atoms with E-state index in [-0.39, 0.29) is 0 Å². The number of benzene rings is 2. The lowest BCUT2D eigenvalue weighted by molar-refractivity contribution is 0.303. The van der Waals surface area contributed by atoms with Crippen LogP contribution in [0.1, 0.15) is 16.7 Å². The molecule has 2 rings (SSSR count). The topological polar surface area (TPSA) is 18.5 Å². The van der Waals surface area contributed by atoms with E-state index in [9.17, 15) is 0 Å². The summed E-state index contributed by atoms with van der Waals surface area (Å²) in [6.07, 6.45) is 0. The average molecular weight is 321 g/mol. The van der Waals surface area contributed by atoms with E-state index >= 15 is 0 Å². The van der Waals surface area contributed by atoms with Crippen LogP contribution in [-0.4, -0.2) is 7.11 Å². The Morgan fingerprint density at radius 2 is 1.79 bits per heavy atom. The lowest BCUT2D eigenvalue weighted by Crippen LogP contribution is -1.97. The zero-order chi connectivity index (χ0) is 13.8. The van der Waals surface area contributed by atoms with E-state index in [0.29, 0.717) is 6.61 Å². The van der Waals surface area contributed by atoms with Crippen molar-refractivity contribution in [3.63, 3.8) is 0 Å². The largest absolute Gasteiger partial charge is 0.497 e. The van der Waals surface area contributed by atoms with Gasteiger partial charge in [0.25, 0.3) is 0 Å². The molecule has 0 aromatic heterocycles. The van der Waals surface area contributed by atoms with Crippen LogP contribution in [0.5, 0.6) is 11.5 Å². The molecule has 2 nitrogen and oxygen atoms in total. The number of halogens is 1. The van der Waals surface area contributed by atoms with Crippen molar-refractivity contribution < 1.29 is 9.47 Å². The fourth-order valence-corrected chi connectivity index (χ4v) is 2.25. The quantitative estimate of drug-likeness (QED) is 0.816. The average Bonchev–Trinajstić information content (AvgIpc) is 2.41. The van der Waals surface area contributed by atoms with Gasteiger partial charge in [-0.3, -0.25) is 0 Å². The zero-order valence-corrected chi connectivity index (χ0v) is 13.0. The number of aryl methyl sites for hydroxylation is 2. The summed E-state index contributed by atoms with van der Waals surface area (Å²) in [5.74, 6) is 1.63. The van der Waals surface area contributed by atoms with Crippen LogP contribution in [0.15, 0.2) is 40.9 Å². The molecule has 0 unspecified atom stereocenters. The molecule has 0 spiro atoms. The molecule has 0 radical (unpaired) electrons. The second-order valence-electron chi connectivity index (χ2n) is 4.50. The first kappa shape index (κ1) is 13.9. The minimum atomic E-state index is 0.562. The van der Waals surface area contributed by atoms with Crippen LogP contribution in [0.2, 0.25) is 0 Å². The SMILES string of the molecule is COc1ccc(OCc2ccc(C)c(C)c2)c(Br)c1. The van der Waals surface area contributed by atoms with E-state index in [1.165, 1.54) is 16.7 Å². The molecular formula is C16H17BrO2. The summed E-state index contributed by atoms with van der Waals surface area (Å²) >= 11 is 3.48. The normalized spacial score (nSPS) is 10.3. The van der Waals surface area contributed by atoms with E-state index < -0.39 is 0 Å². The van der Waals surface area contributed by atoms with Crippen LogP contribution in [0, 0.1) is 13.8 Å². The molecule has 19 heavy (non-hydrogen) atoms. The summed E-state index contributed by atoms with van der Waals surface area (Å²) in [4.78, 5) is 0.